The van der Waals surface area contributed by atoms with E-state index >= 15 is 0 Å². The average Bonchev–Trinajstić information content (AvgIpc) is 2.75. The molecule has 14 heavy (non-hydrogen) atoms. The summed E-state index contributed by atoms with van der Waals surface area (Å²) in [6.45, 7) is 2.05. The summed E-state index contributed by atoms with van der Waals surface area (Å²) in [4.78, 5) is 7.39. The molecule has 0 saturated carbocycles. The maximum atomic E-state index is 9.89. The van der Waals surface area contributed by atoms with Crippen LogP contribution in [0.15, 0.2) is 23.8 Å². The first-order chi connectivity index (χ1) is 6.75. The third-order valence-corrected chi connectivity index (χ3v) is 3.87. The van der Waals surface area contributed by atoms with Crippen molar-refractivity contribution in [2.45, 2.75) is 19.4 Å². The Kier molecular flexibility index (Phi) is 2.96. The monoisotopic (exact) mass is 225 g/mol. The van der Waals surface area contributed by atoms with E-state index in [1.54, 1.807) is 28.2 Å². The molecule has 2 aromatic heterocycles. The predicted molar refractivity (Wildman–Crippen MR) is 59.8 cm³/mol. The number of aliphatic hydroxyl groups excluding tert-OH is 1. The fraction of sp³-hybridized carbons (Fsp3) is 0.300. The van der Waals surface area contributed by atoms with Gasteiger partial charge in [0.1, 0.15) is 0 Å². The number of aryl methyl sites for hydroxylation is 1. The number of thiophene rings is 1. The van der Waals surface area contributed by atoms with Crippen LogP contribution >= 0.6 is 22.7 Å². The third kappa shape index (κ3) is 2.20. The van der Waals surface area contributed by atoms with Gasteiger partial charge in [-0.25, -0.2) is 0 Å². The van der Waals surface area contributed by atoms with Gasteiger partial charge in [0.25, 0.3) is 0 Å². The Hall–Kier alpha value is -0.710. The second kappa shape index (κ2) is 4.21. The molecule has 2 rings (SSSR count). The lowest BCUT2D eigenvalue weighted by Gasteiger charge is -2.05. The first kappa shape index (κ1) is 9.83. The molecule has 0 radical (unpaired) electrons. The van der Waals surface area contributed by atoms with Gasteiger partial charge < -0.3 is 5.11 Å². The van der Waals surface area contributed by atoms with Crippen LogP contribution in [0.3, 0.4) is 0 Å². The standard InChI is InChI=1S/C10H11NOS2/c1-7-2-3-10(14-7)9(12)4-8-5-11-6-13-8/h2-3,5-6,9,12H,4H2,1H3. The molecule has 0 saturated heterocycles. The van der Waals surface area contributed by atoms with Crippen LogP contribution in [-0.2, 0) is 6.42 Å². The smallest absolute Gasteiger partial charge is 0.0930 e. The van der Waals surface area contributed by atoms with Crippen LogP contribution < -0.4 is 0 Å². The van der Waals surface area contributed by atoms with Crippen molar-refractivity contribution in [1.29, 1.82) is 0 Å². The molecule has 4 heteroatoms. The van der Waals surface area contributed by atoms with Crippen molar-refractivity contribution >= 4 is 22.7 Å². The molecule has 0 amide bonds. The van der Waals surface area contributed by atoms with Gasteiger partial charge in [0.15, 0.2) is 0 Å². The molecule has 0 aliphatic carbocycles. The minimum Gasteiger partial charge on any atom is -0.387 e. The van der Waals surface area contributed by atoms with Gasteiger partial charge >= 0.3 is 0 Å². The number of thiazole rings is 1. The average molecular weight is 225 g/mol. The van der Waals surface area contributed by atoms with E-state index in [1.165, 1.54) is 4.88 Å². The van der Waals surface area contributed by atoms with Crippen molar-refractivity contribution in [3.05, 3.63) is 38.5 Å². The van der Waals surface area contributed by atoms with Gasteiger partial charge in [0.05, 0.1) is 11.6 Å². The molecule has 2 nitrogen and oxygen atoms in total. The van der Waals surface area contributed by atoms with Crippen LogP contribution in [0.4, 0.5) is 0 Å². The van der Waals surface area contributed by atoms with Gasteiger partial charge in [0, 0.05) is 27.2 Å². The molecule has 0 aliphatic heterocycles. The van der Waals surface area contributed by atoms with Crippen LogP contribution in [0, 0.1) is 6.92 Å². The van der Waals surface area contributed by atoms with Crippen molar-refractivity contribution in [3.63, 3.8) is 0 Å². The molecule has 1 N–H and O–H groups in total. The van der Waals surface area contributed by atoms with Crippen LogP contribution in [0.25, 0.3) is 0 Å². The highest BCUT2D eigenvalue weighted by Crippen LogP contribution is 2.26. The van der Waals surface area contributed by atoms with Crippen LogP contribution in [-0.4, -0.2) is 10.1 Å². The predicted octanol–water partition coefficient (Wildman–Crippen LogP) is 2.79. The summed E-state index contributed by atoms with van der Waals surface area (Å²) < 4.78 is 0. The van der Waals surface area contributed by atoms with Gasteiger partial charge in [-0.1, -0.05) is 0 Å². The lowest BCUT2D eigenvalue weighted by molar-refractivity contribution is 0.183. The first-order valence-corrected chi connectivity index (χ1v) is 6.07. The molecule has 1 unspecified atom stereocenters. The van der Waals surface area contributed by atoms with Crippen molar-refractivity contribution in [3.8, 4) is 0 Å². The topological polar surface area (TPSA) is 33.1 Å². The highest BCUT2D eigenvalue weighted by molar-refractivity contribution is 7.12. The molecule has 74 valence electrons. The molecule has 0 bridgehead atoms. The summed E-state index contributed by atoms with van der Waals surface area (Å²) in [5.74, 6) is 0. The zero-order valence-corrected chi connectivity index (χ0v) is 9.44. The Balaban J connectivity index is 2.06. The minimum absolute atomic E-state index is 0.380. The van der Waals surface area contributed by atoms with E-state index in [4.69, 9.17) is 0 Å². The van der Waals surface area contributed by atoms with Crippen LogP contribution in [0.1, 0.15) is 20.7 Å². The normalized spacial score (nSPS) is 13.0. The summed E-state index contributed by atoms with van der Waals surface area (Å²) in [6, 6.07) is 4.03. The summed E-state index contributed by atoms with van der Waals surface area (Å²) in [5, 5.41) is 9.89. The number of nitrogens with zero attached hydrogens (tertiary/aromatic N) is 1. The highest BCUT2D eigenvalue weighted by atomic mass is 32.1. The SMILES string of the molecule is Cc1ccc(C(O)Cc2cncs2)s1. The third-order valence-electron chi connectivity index (χ3n) is 1.97. The van der Waals surface area contributed by atoms with E-state index in [1.807, 2.05) is 25.3 Å². The number of rotatable bonds is 3. The van der Waals surface area contributed by atoms with Crippen LogP contribution in [0.2, 0.25) is 0 Å². The lowest BCUT2D eigenvalue weighted by atomic mass is 10.2. The van der Waals surface area contributed by atoms with E-state index in [2.05, 4.69) is 4.98 Å². The Labute approximate surface area is 90.9 Å². The molecule has 0 aromatic carbocycles. The van der Waals surface area contributed by atoms with E-state index in [0.717, 1.165) is 9.75 Å². The second-order valence-electron chi connectivity index (χ2n) is 3.14. The number of hydrogen-bond acceptors (Lipinski definition) is 4. The fourth-order valence-electron chi connectivity index (χ4n) is 1.27. The molecular weight excluding hydrogens is 214 g/mol. The maximum Gasteiger partial charge on any atom is 0.0930 e. The molecule has 0 fully saturated rings. The van der Waals surface area contributed by atoms with E-state index in [0.29, 0.717) is 6.42 Å². The Morgan fingerprint density at radius 2 is 2.36 bits per heavy atom. The molecule has 2 aromatic rings. The van der Waals surface area contributed by atoms with Crippen molar-refractivity contribution in [1.82, 2.24) is 4.98 Å². The molecule has 0 aliphatic rings. The van der Waals surface area contributed by atoms with Crippen LogP contribution in [0.5, 0.6) is 0 Å². The largest absolute Gasteiger partial charge is 0.387 e. The highest BCUT2D eigenvalue weighted by Gasteiger charge is 2.11. The molecule has 0 spiro atoms. The van der Waals surface area contributed by atoms with Crippen molar-refractivity contribution < 1.29 is 5.11 Å². The number of aliphatic hydroxyl groups is 1. The number of aromatic nitrogens is 1. The van der Waals surface area contributed by atoms with E-state index < -0.39 is 0 Å². The molecular formula is C10H11NOS2. The van der Waals surface area contributed by atoms with Gasteiger partial charge in [-0.3, -0.25) is 4.98 Å². The lowest BCUT2D eigenvalue weighted by Crippen LogP contribution is -1.97. The van der Waals surface area contributed by atoms with Gasteiger partial charge in [-0.2, -0.15) is 0 Å². The Morgan fingerprint density at radius 1 is 1.50 bits per heavy atom. The van der Waals surface area contributed by atoms with Gasteiger partial charge in [0.2, 0.25) is 0 Å². The van der Waals surface area contributed by atoms with Crippen molar-refractivity contribution in [2.24, 2.45) is 0 Å². The molecule has 2 heterocycles. The quantitative estimate of drug-likeness (QED) is 0.871. The Bertz CT molecular complexity index is 394. The zero-order valence-electron chi connectivity index (χ0n) is 7.80. The Morgan fingerprint density at radius 3 is 2.93 bits per heavy atom. The van der Waals surface area contributed by atoms with Gasteiger partial charge in [-0.15, -0.1) is 22.7 Å². The fourth-order valence-corrected chi connectivity index (χ4v) is 2.76. The van der Waals surface area contributed by atoms with E-state index in [-0.39, 0.29) is 6.10 Å². The summed E-state index contributed by atoms with van der Waals surface area (Å²) in [6.07, 6.45) is 2.10. The maximum absolute atomic E-state index is 9.89. The van der Waals surface area contributed by atoms with Crippen molar-refractivity contribution in [2.75, 3.05) is 0 Å². The van der Waals surface area contributed by atoms with Gasteiger partial charge in [-0.05, 0) is 19.1 Å². The van der Waals surface area contributed by atoms with E-state index in [9.17, 15) is 5.11 Å². The minimum atomic E-state index is -0.380. The molecule has 1 atom stereocenters. The second-order valence-corrected chi connectivity index (χ2v) is 5.43. The first-order valence-electron chi connectivity index (χ1n) is 4.37. The summed E-state index contributed by atoms with van der Waals surface area (Å²) in [5.41, 5.74) is 1.79. The summed E-state index contributed by atoms with van der Waals surface area (Å²) >= 11 is 3.24. The number of hydrogen-bond donors (Lipinski definition) is 1. The summed E-state index contributed by atoms with van der Waals surface area (Å²) in [7, 11) is 0. The zero-order chi connectivity index (χ0) is 9.97.